The minimum Gasteiger partial charge on any atom is -0.481 e. The Morgan fingerprint density at radius 3 is 2.55 bits per heavy atom. The summed E-state index contributed by atoms with van der Waals surface area (Å²) in [6.45, 7) is 4.01. The Bertz CT molecular complexity index is 184. The van der Waals surface area contributed by atoms with Crippen molar-refractivity contribution in [1.29, 1.82) is 0 Å². The van der Waals surface area contributed by atoms with Crippen molar-refractivity contribution >= 4 is 5.97 Å². The molecule has 0 aromatic heterocycles. The molecule has 0 bridgehead atoms. The van der Waals surface area contributed by atoms with Crippen molar-refractivity contribution in [2.75, 3.05) is 0 Å². The molecule has 0 heterocycles. The summed E-state index contributed by atoms with van der Waals surface area (Å²) in [4.78, 5) is 10.7. The number of carboxylic acids is 1. The van der Waals surface area contributed by atoms with Crippen LogP contribution >= 0.6 is 0 Å². The van der Waals surface area contributed by atoms with Gasteiger partial charge in [0, 0.05) is 0 Å². The Morgan fingerprint density at radius 1 is 1.45 bits per heavy atom. The fraction of sp³-hybridized carbons (Fsp3) is 0.667. The fourth-order valence-corrected chi connectivity index (χ4v) is 1.52. The summed E-state index contributed by atoms with van der Waals surface area (Å²) in [5.74, 6) is -0.209. The molecule has 11 heavy (non-hydrogen) atoms. The molecule has 2 heteroatoms. The summed E-state index contributed by atoms with van der Waals surface area (Å²) >= 11 is 0. The van der Waals surface area contributed by atoms with Gasteiger partial charge in [0.15, 0.2) is 0 Å². The lowest BCUT2D eigenvalue weighted by molar-refractivity contribution is -0.143. The van der Waals surface area contributed by atoms with Crippen LogP contribution in [0.15, 0.2) is 12.2 Å². The zero-order valence-corrected chi connectivity index (χ0v) is 6.95. The van der Waals surface area contributed by atoms with E-state index in [9.17, 15) is 4.79 Å². The molecule has 62 valence electrons. The Morgan fingerprint density at radius 2 is 2.09 bits per heavy atom. The molecule has 0 saturated carbocycles. The van der Waals surface area contributed by atoms with Crippen molar-refractivity contribution in [3.8, 4) is 0 Å². The lowest BCUT2D eigenvalue weighted by atomic mass is 9.81. The Balaban J connectivity index is 2.68. The summed E-state index contributed by atoms with van der Waals surface area (Å²) in [5, 5.41) is 8.79. The first-order valence-corrected chi connectivity index (χ1v) is 4.02. The molecule has 0 aliphatic heterocycles. The van der Waals surface area contributed by atoms with E-state index in [2.05, 4.69) is 13.0 Å². The van der Waals surface area contributed by atoms with E-state index in [4.69, 9.17) is 5.11 Å². The maximum atomic E-state index is 10.7. The van der Waals surface area contributed by atoms with E-state index in [1.165, 1.54) is 0 Å². The number of carbonyl (C=O) groups is 1. The molecule has 1 rings (SSSR count). The second-order valence-electron chi connectivity index (χ2n) is 3.40. The van der Waals surface area contributed by atoms with Crippen LogP contribution in [0.1, 0.15) is 20.3 Å². The molecule has 0 amide bonds. The predicted octanol–water partition coefficient (Wildman–Crippen LogP) is 1.92. The van der Waals surface area contributed by atoms with Crippen molar-refractivity contribution in [2.45, 2.75) is 20.3 Å². The van der Waals surface area contributed by atoms with Crippen LogP contribution in [0.5, 0.6) is 0 Å². The van der Waals surface area contributed by atoms with E-state index in [0.717, 1.165) is 6.42 Å². The molecule has 3 atom stereocenters. The minimum absolute atomic E-state index is 0.171. The van der Waals surface area contributed by atoms with Gasteiger partial charge in [-0.1, -0.05) is 26.0 Å². The number of carboxylic acid groups (broad SMARTS) is 1. The average molecular weight is 154 g/mol. The summed E-state index contributed by atoms with van der Waals surface area (Å²) in [5.41, 5.74) is 0. The van der Waals surface area contributed by atoms with Gasteiger partial charge < -0.3 is 5.11 Å². The van der Waals surface area contributed by atoms with Gasteiger partial charge in [0.2, 0.25) is 0 Å². The zero-order valence-electron chi connectivity index (χ0n) is 6.95. The first-order chi connectivity index (χ1) is 5.11. The molecule has 0 fully saturated rings. The SMILES string of the molecule is CC1C=CC(C)C(C(=O)O)C1. The van der Waals surface area contributed by atoms with Crippen LogP contribution in [0.3, 0.4) is 0 Å². The maximum absolute atomic E-state index is 10.7. The van der Waals surface area contributed by atoms with Gasteiger partial charge >= 0.3 is 5.97 Å². The third-order valence-electron chi connectivity index (χ3n) is 2.32. The third kappa shape index (κ3) is 1.82. The molecule has 2 nitrogen and oxygen atoms in total. The lowest BCUT2D eigenvalue weighted by Gasteiger charge is -2.24. The molecule has 0 aromatic carbocycles. The van der Waals surface area contributed by atoms with Crippen molar-refractivity contribution in [3.05, 3.63) is 12.2 Å². The topological polar surface area (TPSA) is 37.3 Å². The normalized spacial score (nSPS) is 37.1. The van der Waals surface area contributed by atoms with Gasteiger partial charge in [-0.15, -0.1) is 0 Å². The molecule has 1 aliphatic carbocycles. The van der Waals surface area contributed by atoms with Crippen LogP contribution in [0.25, 0.3) is 0 Å². The molecule has 0 radical (unpaired) electrons. The van der Waals surface area contributed by atoms with E-state index >= 15 is 0 Å². The monoisotopic (exact) mass is 154 g/mol. The second kappa shape index (κ2) is 3.07. The fourth-order valence-electron chi connectivity index (χ4n) is 1.52. The highest BCUT2D eigenvalue weighted by atomic mass is 16.4. The van der Waals surface area contributed by atoms with E-state index < -0.39 is 5.97 Å². The number of allylic oxidation sites excluding steroid dienone is 2. The lowest BCUT2D eigenvalue weighted by Crippen LogP contribution is -2.25. The molecule has 1 N–H and O–H groups in total. The van der Waals surface area contributed by atoms with Crippen molar-refractivity contribution < 1.29 is 9.90 Å². The van der Waals surface area contributed by atoms with Gasteiger partial charge in [-0.25, -0.2) is 0 Å². The second-order valence-corrected chi connectivity index (χ2v) is 3.40. The van der Waals surface area contributed by atoms with Crippen LogP contribution < -0.4 is 0 Å². The van der Waals surface area contributed by atoms with Crippen LogP contribution in [0.4, 0.5) is 0 Å². The van der Waals surface area contributed by atoms with Gasteiger partial charge in [-0.3, -0.25) is 4.79 Å². The number of hydrogen-bond acceptors (Lipinski definition) is 1. The average Bonchev–Trinajstić information content (AvgIpc) is 1.94. The highest BCUT2D eigenvalue weighted by Gasteiger charge is 2.27. The zero-order chi connectivity index (χ0) is 8.43. The van der Waals surface area contributed by atoms with E-state index in [1.54, 1.807) is 0 Å². The Hall–Kier alpha value is -0.790. The van der Waals surface area contributed by atoms with Crippen LogP contribution in [-0.2, 0) is 4.79 Å². The minimum atomic E-state index is -0.659. The van der Waals surface area contributed by atoms with Gasteiger partial charge in [-0.2, -0.15) is 0 Å². The largest absolute Gasteiger partial charge is 0.481 e. The van der Waals surface area contributed by atoms with Gasteiger partial charge in [0.1, 0.15) is 0 Å². The first-order valence-electron chi connectivity index (χ1n) is 4.02. The number of rotatable bonds is 1. The van der Waals surface area contributed by atoms with Gasteiger partial charge in [0.25, 0.3) is 0 Å². The Labute approximate surface area is 66.9 Å². The summed E-state index contributed by atoms with van der Waals surface area (Å²) in [7, 11) is 0. The van der Waals surface area contributed by atoms with E-state index in [-0.39, 0.29) is 11.8 Å². The number of aliphatic carboxylic acids is 1. The molecule has 0 aromatic rings. The van der Waals surface area contributed by atoms with Crippen LogP contribution in [0.2, 0.25) is 0 Å². The molecular weight excluding hydrogens is 140 g/mol. The molecule has 1 aliphatic rings. The maximum Gasteiger partial charge on any atom is 0.307 e. The van der Waals surface area contributed by atoms with Gasteiger partial charge in [0.05, 0.1) is 5.92 Å². The number of hydrogen-bond donors (Lipinski definition) is 1. The quantitative estimate of drug-likeness (QED) is 0.586. The van der Waals surface area contributed by atoms with Crippen LogP contribution in [-0.4, -0.2) is 11.1 Å². The smallest absolute Gasteiger partial charge is 0.307 e. The van der Waals surface area contributed by atoms with Crippen LogP contribution in [0, 0.1) is 17.8 Å². The molecule has 3 unspecified atom stereocenters. The van der Waals surface area contributed by atoms with Crippen molar-refractivity contribution in [3.63, 3.8) is 0 Å². The highest BCUT2D eigenvalue weighted by Crippen LogP contribution is 2.27. The van der Waals surface area contributed by atoms with E-state index in [0.29, 0.717) is 5.92 Å². The first kappa shape index (κ1) is 8.31. The van der Waals surface area contributed by atoms with Gasteiger partial charge in [-0.05, 0) is 18.3 Å². The third-order valence-corrected chi connectivity index (χ3v) is 2.32. The molecule has 0 saturated heterocycles. The molecular formula is C9H14O2. The predicted molar refractivity (Wildman–Crippen MR) is 43.2 cm³/mol. The Kier molecular flexibility index (Phi) is 2.32. The standard InChI is InChI=1S/C9H14O2/c1-6-3-4-7(2)8(5-6)9(10)11/h3-4,6-8H,5H2,1-2H3,(H,10,11). The van der Waals surface area contributed by atoms with Crippen molar-refractivity contribution in [2.24, 2.45) is 17.8 Å². The molecule has 0 spiro atoms. The summed E-state index contributed by atoms with van der Waals surface area (Å²) < 4.78 is 0. The van der Waals surface area contributed by atoms with Crippen molar-refractivity contribution in [1.82, 2.24) is 0 Å². The van der Waals surface area contributed by atoms with E-state index in [1.807, 2.05) is 13.0 Å². The summed E-state index contributed by atoms with van der Waals surface area (Å²) in [6.07, 6.45) is 4.89. The highest BCUT2D eigenvalue weighted by molar-refractivity contribution is 5.70. The summed E-state index contributed by atoms with van der Waals surface area (Å²) in [6, 6.07) is 0.